The monoisotopic (exact) mass is 259 g/mol. The largest absolute Gasteiger partial charge is 0.391 e. The molecule has 1 fully saturated rings. The predicted molar refractivity (Wildman–Crippen MR) is 70.6 cm³/mol. The van der Waals surface area contributed by atoms with Gasteiger partial charge in [0.15, 0.2) is 0 Å². The van der Waals surface area contributed by atoms with Gasteiger partial charge in [-0.2, -0.15) is 0 Å². The normalized spacial score (nSPS) is 16.5. The number of aliphatic hydroxyl groups is 1. The van der Waals surface area contributed by atoms with E-state index in [9.17, 15) is 9.90 Å². The summed E-state index contributed by atoms with van der Waals surface area (Å²) in [5.74, 6) is 0.290. The van der Waals surface area contributed by atoms with Crippen LogP contribution in [-0.2, 0) is 11.2 Å². The van der Waals surface area contributed by atoms with Crippen molar-refractivity contribution in [2.24, 2.45) is 5.92 Å². The molecule has 19 heavy (non-hydrogen) atoms. The molecule has 1 saturated carbocycles. The fourth-order valence-electron chi connectivity index (χ4n) is 2.17. The average Bonchev–Trinajstić information content (AvgIpc) is 3.16. The number of nitrogens with one attached hydrogen (secondary N) is 1. The van der Waals surface area contributed by atoms with Gasteiger partial charge in [0.1, 0.15) is 5.65 Å². The van der Waals surface area contributed by atoms with E-state index in [1.165, 1.54) is 0 Å². The number of amides is 1. The van der Waals surface area contributed by atoms with Crippen molar-refractivity contribution in [2.45, 2.75) is 25.4 Å². The van der Waals surface area contributed by atoms with E-state index < -0.39 is 6.10 Å². The first kappa shape index (κ1) is 12.2. The van der Waals surface area contributed by atoms with Crippen LogP contribution < -0.4 is 5.32 Å². The number of carbonyl (C=O) groups is 1. The molecule has 5 heteroatoms. The zero-order valence-electron chi connectivity index (χ0n) is 10.6. The summed E-state index contributed by atoms with van der Waals surface area (Å²) in [5.41, 5.74) is 1.58. The van der Waals surface area contributed by atoms with Crippen molar-refractivity contribution in [1.82, 2.24) is 14.7 Å². The van der Waals surface area contributed by atoms with E-state index in [0.717, 1.165) is 24.2 Å². The molecule has 0 aromatic carbocycles. The van der Waals surface area contributed by atoms with Crippen molar-refractivity contribution in [1.29, 1.82) is 0 Å². The van der Waals surface area contributed by atoms with Gasteiger partial charge >= 0.3 is 0 Å². The lowest BCUT2D eigenvalue weighted by atomic mass is 10.2. The third-order valence-corrected chi connectivity index (χ3v) is 3.43. The Bertz CT molecular complexity index is 556. The maximum Gasteiger partial charge on any atom is 0.226 e. The van der Waals surface area contributed by atoms with Crippen LogP contribution in [-0.4, -0.2) is 33.0 Å². The van der Waals surface area contributed by atoms with Crippen LogP contribution in [0.25, 0.3) is 5.65 Å². The molecule has 0 saturated heterocycles. The second-order valence-corrected chi connectivity index (χ2v) is 5.08. The van der Waals surface area contributed by atoms with Crippen LogP contribution in [0.2, 0.25) is 0 Å². The fourth-order valence-corrected chi connectivity index (χ4v) is 2.17. The highest BCUT2D eigenvalue weighted by atomic mass is 16.3. The number of pyridine rings is 1. The quantitative estimate of drug-likeness (QED) is 0.833. The number of fused-ring (bicyclic) bond motifs is 1. The van der Waals surface area contributed by atoms with Crippen molar-refractivity contribution < 1.29 is 9.90 Å². The SMILES string of the molecule is O=C(Cc1cn2ccccc2n1)NCC(O)C1CC1. The Kier molecular flexibility index (Phi) is 3.21. The Balaban J connectivity index is 1.56. The van der Waals surface area contributed by atoms with E-state index in [4.69, 9.17) is 0 Å². The topological polar surface area (TPSA) is 66.6 Å². The van der Waals surface area contributed by atoms with Gasteiger partial charge in [-0.15, -0.1) is 0 Å². The van der Waals surface area contributed by atoms with Crippen LogP contribution in [0.3, 0.4) is 0 Å². The summed E-state index contributed by atoms with van der Waals surface area (Å²) in [7, 11) is 0. The van der Waals surface area contributed by atoms with Gasteiger partial charge in [0, 0.05) is 18.9 Å². The Hall–Kier alpha value is -1.88. The molecule has 5 nitrogen and oxygen atoms in total. The third kappa shape index (κ3) is 2.93. The number of carbonyl (C=O) groups excluding carboxylic acids is 1. The first-order chi connectivity index (χ1) is 9.22. The second-order valence-electron chi connectivity index (χ2n) is 5.08. The number of aromatic nitrogens is 2. The van der Waals surface area contributed by atoms with E-state index in [0.29, 0.717) is 12.5 Å². The molecule has 1 atom stereocenters. The molecule has 2 heterocycles. The molecule has 1 aliphatic carbocycles. The summed E-state index contributed by atoms with van der Waals surface area (Å²) in [4.78, 5) is 16.1. The highest BCUT2D eigenvalue weighted by molar-refractivity contribution is 5.78. The number of hydrogen-bond acceptors (Lipinski definition) is 3. The molecule has 1 aliphatic rings. The van der Waals surface area contributed by atoms with E-state index in [1.54, 1.807) is 0 Å². The lowest BCUT2D eigenvalue weighted by molar-refractivity contribution is -0.121. The second kappa shape index (κ2) is 5.01. The molecule has 1 unspecified atom stereocenters. The first-order valence-corrected chi connectivity index (χ1v) is 6.60. The molecule has 0 spiro atoms. The molecular weight excluding hydrogens is 242 g/mol. The number of rotatable bonds is 5. The van der Waals surface area contributed by atoms with Gasteiger partial charge in [-0.25, -0.2) is 4.98 Å². The van der Waals surface area contributed by atoms with Crippen LogP contribution in [0.4, 0.5) is 0 Å². The van der Waals surface area contributed by atoms with Gasteiger partial charge in [-0.05, 0) is 30.9 Å². The third-order valence-electron chi connectivity index (χ3n) is 3.43. The van der Waals surface area contributed by atoms with Gasteiger partial charge in [-0.3, -0.25) is 4.79 Å². The van der Waals surface area contributed by atoms with Crippen molar-refractivity contribution in [3.63, 3.8) is 0 Å². The Morgan fingerprint density at radius 2 is 2.37 bits per heavy atom. The first-order valence-electron chi connectivity index (χ1n) is 6.60. The molecule has 0 bridgehead atoms. The van der Waals surface area contributed by atoms with Gasteiger partial charge in [0.25, 0.3) is 0 Å². The molecule has 100 valence electrons. The predicted octanol–water partition coefficient (Wildman–Crippen LogP) is 0.764. The molecular formula is C14H17N3O2. The number of imidazole rings is 1. The minimum atomic E-state index is -0.398. The van der Waals surface area contributed by atoms with Gasteiger partial charge < -0.3 is 14.8 Å². The Labute approximate surface area is 111 Å². The summed E-state index contributed by atoms with van der Waals surface area (Å²) in [6.07, 6.45) is 5.75. The van der Waals surface area contributed by atoms with Crippen molar-refractivity contribution in [3.8, 4) is 0 Å². The number of aliphatic hydroxyl groups excluding tert-OH is 1. The van der Waals surface area contributed by atoms with Crippen molar-refractivity contribution >= 4 is 11.6 Å². The van der Waals surface area contributed by atoms with Gasteiger partial charge in [0.2, 0.25) is 5.91 Å². The van der Waals surface area contributed by atoms with E-state index >= 15 is 0 Å². The fraction of sp³-hybridized carbons (Fsp3) is 0.429. The highest BCUT2D eigenvalue weighted by Gasteiger charge is 2.29. The number of hydrogen-bond donors (Lipinski definition) is 2. The van der Waals surface area contributed by atoms with Crippen LogP contribution in [0.15, 0.2) is 30.6 Å². The van der Waals surface area contributed by atoms with E-state index in [-0.39, 0.29) is 12.3 Å². The summed E-state index contributed by atoms with van der Waals surface area (Å²) >= 11 is 0. The Morgan fingerprint density at radius 1 is 1.53 bits per heavy atom. The molecule has 0 radical (unpaired) electrons. The summed E-state index contributed by atoms with van der Waals surface area (Å²) in [5, 5.41) is 12.4. The van der Waals surface area contributed by atoms with Gasteiger partial charge in [0.05, 0.1) is 18.2 Å². The van der Waals surface area contributed by atoms with E-state index in [1.807, 2.05) is 35.0 Å². The maximum absolute atomic E-state index is 11.8. The van der Waals surface area contributed by atoms with Crippen LogP contribution in [0.1, 0.15) is 18.5 Å². The van der Waals surface area contributed by atoms with Crippen molar-refractivity contribution in [3.05, 3.63) is 36.3 Å². The molecule has 1 amide bonds. The molecule has 2 aromatic rings. The summed E-state index contributed by atoms with van der Waals surface area (Å²) in [6.45, 7) is 0.344. The zero-order chi connectivity index (χ0) is 13.2. The van der Waals surface area contributed by atoms with Gasteiger partial charge in [-0.1, -0.05) is 6.07 Å². The molecule has 2 aromatic heterocycles. The highest BCUT2D eigenvalue weighted by Crippen LogP contribution is 2.32. The van der Waals surface area contributed by atoms with Crippen LogP contribution >= 0.6 is 0 Å². The molecule has 0 aliphatic heterocycles. The van der Waals surface area contributed by atoms with Crippen LogP contribution in [0, 0.1) is 5.92 Å². The average molecular weight is 259 g/mol. The summed E-state index contributed by atoms with van der Waals surface area (Å²) < 4.78 is 1.89. The number of nitrogens with zero attached hydrogens (tertiary/aromatic N) is 2. The summed E-state index contributed by atoms with van der Waals surface area (Å²) in [6, 6.07) is 5.74. The standard InChI is InChI=1S/C14H17N3O2/c18-12(10-4-5-10)8-15-14(19)7-11-9-17-6-2-1-3-13(17)16-11/h1-3,6,9-10,12,18H,4-5,7-8H2,(H,15,19). The zero-order valence-corrected chi connectivity index (χ0v) is 10.6. The van der Waals surface area contributed by atoms with E-state index in [2.05, 4.69) is 10.3 Å². The van der Waals surface area contributed by atoms with Crippen molar-refractivity contribution in [2.75, 3.05) is 6.54 Å². The molecule has 2 N–H and O–H groups in total. The Morgan fingerprint density at radius 3 is 3.11 bits per heavy atom. The van der Waals surface area contributed by atoms with Crippen LogP contribution in [0.5, 0.6) is 0 Å². The molecule has 3 rings (SSSR count). The minimum Gasteiger partial charge on any atom is -0.391 e. The minimum absolute atomic E-state index is 0.0943. The lowest BCUT2D eigenvalue weighted by Gasteiger charge is -2.09. The maximum atomic E-state index is 11.8. The smallest absolute Gasteiger partial charge is 0.226 e. The lowest BCUT2D eigenvalue weighted by Crippen LogP contribution is -2.34.